The molecule has 1 fully saturated rings. The molecule has 1 aromatic heterocycles. The molecule has 0 amide bonds. The molecule has 1 N–H and O–H groups in total. The fourth-order valence-corrected chi connectivity index (χ4v) is 2.98. The summed E-state index contributed by atoms with van der Waals surface area (Å²) in [5.41, 5.74) is 6.55. The topological polar surface area (TPSA) is 35.2 Å². The van der Waals surface area contributed by atoms with E-state index in [9.17, 15) is 0 Å². The second kappa shape index (κ2) is 5.90. The highest BCUT2D eigenvalue weighted by atomic mass is 15.3. The SMILES string of the molecule is Cc1cccc(N2CCN(Cc3nc[nH]c3C)CC2)c1C. The second-order valence-corrected chi connectivity index (χ2v) is 5.96. The van der Waals surface area contributed by atoms with Gasteiger partial charge in [0.2, 0.25) is 0 Å². The lowest BCUT2D eigenvalue weighted by molar-refractivity contribution is 0.247. The summed E-state index contributed by atoms with van der Waals surface area (Å²) >= 11 is 0. The van der Waals surface area contributed by atoms with Gasteiger partial charge in [-0.2, -0.15) is 0 Å². The maximum Gasteiger partial charge on any atom is 0.0925 e. The first kappa shape index (κ1) is 14.1. The standard InChI is InChI=1S/C17H24N4/c1-13-5-4-6-17(14(13)2)21-9-7-20(8-10-21)11-16-15(3)18-12-19-16/h4-6,12H,7-11H2,1-3H3,(H,18,19). The first-order valence-corrected chi connectivity index (χ1v) is 7.67. The minimum atomic E-state index is 0.954. The van der Waals surface area contributed by atoms with E-state index in [1.807, 2.05) is 0 Å². The van der Waals surface area contributed by atoms with Gasteiger partial charge in [0.1, 0.15) is 0 Å². The number of imidazole rings is 1. The van der Waals surface area contributed by atoms with E-state index in [1.54, 1.807) is 6.33 Å². The average Bonchev–Trinajstić information content (AvgIpc) is 2.88. The molecule has 1 aromatic carbocycles. The molecule has 1 saturated heterocycles. The Labute approximate surface area is 126 Å². The zero-order chi connectivity index (χ0) is 14.8. The molecule has 4 heteroatoms. The smallest absolute Gasteiger partial charge is 0.0925 e. The normalized spacial score (nSPS) is 16.4. The molecule has 3 rings (SSSR count). The molecule has 0 radical (unpaired) electrons. The van der Waals surface area contributed by atoms with Crippen LogP contribution in [0.2, 0.25) is 0 Å². The number of hydrogen-bond donors (Lipinski definition) is 1. The van der Waals surface area contributed by atoms with E-state index in [0.717, 1.165) is 32.7 Å². The van der Waals surface area contributed by atoms with Crippen LogP contribution in [0.25, 0.3) is 0 Å². The highest BCUT2D eigenvalue weighted by Gasteiger charge is 2.19. The van der Waals surface area contributed by atoms with Crippen molar-refractivity contribution in [2.45, 2.75) is 27.3 Å². The van der Waals surface area contributed by atoms with Crippen molar-refractivity contribution in [3.8, 4) is 0 Å². The fourth-order valence-electron chi connectivity index (χ4n) is 2.98. The van der Waals surface area contributed by atoms with E-state index in [4.69, 9.17) is 0 Å². The van der Waals surface area contributed by atoms with E-state index in [0.29, 0.717) is 0 Å². The third kappa shape index (κ3) is 2.95. The van der Waals surface area contributed by atoms with Gasteiger partial charge >= 0.3 is 0 Å². The number of aromatic nitrogens is 2. The van der Waals surface area contributed by atoms with Crippen LogP contribution in [0.15, 0.2) is 24.5 Å². The van der Waals surface area contributed by atoms with Gasteiger partial charge in [-0.15, -0.1) is 0 Å². The Morgan fingerprint density at radius 1 is 1.10 bits per heavy atom. The van der Waals surface area contributed by atoms with Gasteiger partial charge in [0.05, 0.1) is 12.0 Å². The molecule has 0 atom stereocenters. The van der Waals surface area contributed by atoms with Crippen molar-refractivity contribution >= 4 is 5.69 Å². The molecular weight excluding hydrogens is 260 g/mol. The fraction of sp³-hybridized carbons (Fsp3) is 0.471. The number of benzene rings is 1. The van der Waals surface area contributed by atoms with E-state index >= 15 is 0 Å². The van der Waals surface area contributed by atoms with E-state index < -0.39 is 0 Å². The molecule has 112 valence electrons. The Balaban J connectivity index is 1.63. The van der Waals surface area contributed by atoms with E-state index in [1.165, 1.54) is 28.2 Å². The monoisotopic (exact) mass is 284 g/mol. The summed E-state index contributed by atoms with van der Waals surface area (Å²) in [5, 5.41) is 0. The van der Waals surface area contributed by atoms with Crippen LogP contribution in [0.3, 0.4) is 0 Å². The zero-order valence-electron chi connectivity index (χ0n) is 13.2. The summed E-state index contributed by atoms with van der Waals surface area (Å²) in [7, 11) is 0. The van der Waals surface area contributed by atoms with Crippen LogP contribution < -0.4 is 4.90 Å². The summed E-state index contributed by atoms with van der Waals surface area (Å²) < 4.78 is 0. The molecule has 0 aliphatic carbocycles. The summed E-state index contributed by atoms with van der Waals surface area (Å²) in [4.78, 5) is 12.6. The predicted octanol–water partition coefficient (Wildman–Crippen LogP) is 2.66. The molecule has 0 bridgehead atoms. The summed E-state index contributed by atoms with van der Waals surface area (Å²) in [6.07, 6.45) is 1.79. The minimum Gasteiger partial charge on any atom is -0.369 e. The van der Waals surface area contributed by atoms with Gasteiger partial charge < -0.3 is 9.88 Å². The van der Waals surface area contributed by atoms with Crippen molar-refractivity contribution in [1.29, 1.82) is 0 Å². The van der Waals surface area contributed by atoms with Crippen molar-refractivity contribution in [1.82, 2.24) is 14.9 Å². The van der Waals surface area contributed by atoms with Gasteiger partial charge in [0.25, 0.3) is 0 Å². The second-order valence-electron chi connectivity index (χ2n) is 5.96. The van der Waals surface area contributed by atoms with Crippen LogP contribution >= 0.6 is 0 Å². The third-order valence-corrected chi connectivity index (χ3v) is 4.60. The number of hydrogen-bond acceptors (Lipinski definition) is 3. The number of aryl methyl sites for hydroxylation is 2. The number of rotatable bonds is 3. The molecule has 4 nitrogen and oxygen atoms in total. The first-order chi connectivity index (χ1) is 10.1. The van der Waals surface area contributed by atoms with Gasteiger partial charge in [-0.1, -0.05) is 12.1 Å². The summed E-state index contributed by atoms with van der Waals surface area (Å²) in [6, 6.07) is 6.60. The van der Waals surface area contributed by atoms with Crippen molar-refractivity contribution < 1.29 is 0 Å². The lowest BCUT2D eigenvalue weighted by Gasteiger charge is -2.36. The van der Waals surface area contributed by atoms with Crippen molar-refractivity contribution in [2.24, 2.45) is 0 Å². The van der Waals surface area contributed by atoms with Crippen LogP contribution in [-0.2, 0) is 6.54 Å². The molecule has 0 saturated carbocycles. The van der Waals surface area contributed by atoms with E-state index in [-0.39, 0.29) is 0 Å². The Morgan fingerprint density at radius 2 is 1.86 bits per heavy atom. The Kier molecular flexibility index (Phi) is 3.97. The summed E-state index contributed by atoms with van der Waals surface area (Å²) in [5.74, 6) is 0. The van der Waals surface area contributed by atoms with Crippen LogP contribution in [0.1, 0.15) is 22.5 Å². The lowest BCUT2D eigenvalue weighted by Crippen LogP contribution is -2.46. The predicted molar refractivity (Wildman–Crippen MR) is 86.7 cm³/mol. The van der Waals surface area contributed by atoms with Crippen molar-refractivity contribution in [2.75, 3.05) is 31.1 Å². The largest absolute Gasteiger partial charge is 0.369 e. The maximum absolute atomic E-state index is 4.40. The highest BCUT2D eigenvalue weighted by molar-refractivity contribution is 5.56. The molecule has 2 aromatic rings. The van der Waals surface area contributed by atoms with Crippen LogP contribution in [-0.4, -0.2) is 41.0 Å². The molecule has 0 spiro atoms. The van der Waals surface area contributed by atoms with Crippen LogP contribution in [0.4, 0.5) is 5.69 Å². The van der Waals surface area contributed by atoms with Gasteiger partial charge in [-0.3, -0.25) is 4.90 Å². The van der Waals surface area contributed by atoms with Gasteiger partial charge in [-0.05, 0) is 38.0 Å². The maximum atomic E-state index is 4.40. The van der Waals surface area contributed by atoms with E-state index in [2.05, 4.69) is 58.7 Å². The quantitative estimate of drug-likeness (QED) is 0.941. The number of aromatic amines is 1. The molecule has 21 heavy (non-hydrogen) atoms. The number of H-pyrrole nitrogens is 1. The number of nitrogens with one attached hydrogen (secondary N) is 1. The summed E-state index contributed by atoms with van der Waals surface area (Å²) in [6.45, 7) is 11.8. The zero-order valence-corrected chi connectivity index (χ0v) is 13.2. The molecule has 0 unspecified atom stereocenters. The highest BCUT2D eigenvalue weighted by Crippen LogP contribution is 2.24. The molecular formula is C17H24N4. The van der Waals surface area contributed by atoms with Crippen molar-refractivity contribution in [3.63, 3.8) is 0 Å². The van der Waals surface area contributed by atoms with Gasteiger partial charge in [0.15, 0.2) is 0 Å². The Bertz CT molecular complexity index is 609. The average molecular weight is 284 g/mol. The lowest BCUT2D eigenvalue weighted by atomic mass is 10.1. The molecule has 2 heterocycles. The number of nitrogens with zero attached hydrogens (tertiary/aromatic N) is 3. The van der Waals surface area contributed by atoms with Gasteiger partial charge in [-0.25, -0.2) is 4.98 Å². The number of piperazine rings is 1. The Morgan fingerprint density at radius 3 is 2.52 bits per heavy atom. The van der Waals surface area contributed by atoms with Gasteiger partial charge in [0, 0.05) is 44.1 Å². The van der Waals surface area contributed by atoms with Crippen LogP contribution in [0.5, 0.6) is 0 Å². The Hall–Kier alpha value is -1.81. The minimum absolute atomic E-state index is 0.954. The third-order valence-electron chi connectivity index (χ3n) is 4.60. The van der Waals surface area contributed by atoms with Crippen molar-refractivity contribution in [3.05, 3.63) is 47.0 Å². The number of anilines is 1. The first-order valence-electron chi connectivity index (χ1n) is 7.67. The molecule has 1 aliphatic rings. The van der Waals surface area contributed by atoms with Crippen LogP contribution in [0, 0.1) is 20.8 Å². The molecule has 1 aliphatic heterocycles.